The van der Waals surface area contributed by atoms with Crippen LogP contribution in [0.4, 0.5) is 0 Å². The first-order chi connectivity index (χ1) is 13.8. The van der Waals surface area contributed by atoms with E-state index in [4.69, 9.17) is 14.9 Å². The lowest BCUT2D eigenvalue weighted by atomic mass is 9.71. The van der Waals surface area contributed by atoms with Crippen molar-refractivity contribution in [3.8, 4) is 0 Å². The number of hydrogen-bond acceptors (Lipinski definition) is 5. The van der Waals surface area contributed by atoms with Crippen molar-refractivity contribution in [2.75, 3.05) is 20.3 Å². The highest BCUT2D eigenvalue weighted by atomic mass is 16.5. The van der Waals surface area contributed by atoms with Gasteiger partial charge in [-0.1, -0.05) is 37.3 Å². The van der Waals surface area contributed by atoms with E-state index >= 15 is 0 Å². The van der Waals surface area contributed by atoms with Gasteiger partial charge >= 0.3 is 5.97 Å². The van der Waals surface area contributed by atoms with Crippen LogP contribution >= 0.6 is 0 Å². The van der Waals surface area contributed by atoms with Crippen LogP contribution in [-0.4, -0.2) is 53.2 Å². The van der Waals surface area contributed by atoms with Crippen LogP contribution in [-0.2, 0) is 15.1 Å². The Balaban J connectivity index is 1.97. The molecule has 1 aromatic carbocycles. The zero-order chi connectivity index (χ0) is 21.0. The smallest absolute Gasteiger partial charge is 0.328 e. The number of hydrazone groups is 1. The van der Waals surface area contributed by atoms with Crippen LogP contribution in [0.3, 0.4) is 0 Å². The van der Waals surface area contributed by atoms with E-state index in [0.717, 1.165) is 42.3 Å². The van der Waals surface area contributed by atoms with Crippen molar-refractivity contribution in [2.24, 2.45) is 11.0 Å². The molecule has 2 N–H and O–H groups in total. The number of benzene rings is 1. The Morgan fingerprint density at radius 3 is 2.90 bits per heavy atom. The molecule has 0 spiro atoms. The molecule has 29 heavy (non-hydrogen) atoms. The van der Waals surface area contributed by atoms with Gasteiger partial charge < -0.3 is 14.9 Å². The fraction of sp³-hybridized carbons (Fsp3) is 0.478. The number of aliphatic carboxylic acids is 1. The van der Waals surface area contributed by atoms with Crippen molar-refractivity contribution >= 4 is 11.7 Å². The second kappa shape index (κ2) is 8.93. The minimum Gasteiger partial charge on any atom is -0.478 e. The Kier molecular flexibility index (Phi) is 6.55. The van der Waals surface area contributed by atoms with E-state index in [1.54, 1.807) is 26.2 Å². The van der Waals surface area contributed by atoms with Gasteiger partial charge in [-0.15, -0.1) is 0 Å². The summed E-state index contributed by atoms with van der Waals surface area (Å²) >= 11 is 0. The Morgan fingerprint density at radius 2 is 2.17 bits per heavy atom. The number of ether oxygens (including phenoxy) is 1. The standard InChI is InChI=1S/C23H30N2O4/c1-16(13-22(26)27)10-11-23(28)17(2)14-21(19-8-4-5-9-20(19)23)24-25-12-6-7-18(25)15-29-3/h4-5,8-11,13,17-18,28H,6-7,12,14-15H2,1-3H3,(H,26,27)/b11-10+,16-13-,24-21+/t17-,18-,23+/m1/s1. The topological polar surface area (TPSA) is 82.4 Å². The van der Waals surface area contributed by atoms with Crippen LogP contribution in [0, 0.1) is 5.92 Å². The van der Waals surface area contributed by atoms with Gasteiger partial charge in [-0.2, -0.15) is 5.10 Å². The third kappa shape index (κ3) is 4.60. The third-order valence-electron chi connectivity index (χ3n) is 5.83. The number of nitrogens with zero attached hydrogens (tertiary/aromatic N) is 2. The van der Waals surface area contributed by atoms with E-state index < -0.39 is 11.6 Å². The second-order valence-corrected chi connectivity index (χ2v) is 8.00. The molecule has 1 aromatic rings. The monoisotopic (exact) mass is 398 g/mol. The fourth-order valence-electron chi connectivity index (χ4n) is 4.22. The van der Waals surface area contributed by atoms with E-state index in [0.29, 0.717) is 24.6 Å². The number of carbonyl (C=O) groups is 1. The third-order valence-corrected chi connectivity index (χ3v) is 5.83. The predicted octanol–water partition coefficient (Wildman–Crippen LogP) is 3.32. The maximum atomic E-state index is 11.5. The Labute approximate surface area is 172 Å². The largest absolute Gasteiger partial charge is 0.478 e. The van der Waals surface area contributed by atoms with Crippen LogP contribution in [0.25, 0.3) is 0 Å². The lowest BCUT2D eigenvalue weighted by Crippen LogP contribution is -2.40. The van der Waals surface area contributed by atoms with Gasteiger partial charge in [0.1, 0.15) is 5.60 Å². The molecule has 1 saturated heterocycles. The van der Waals surface area contributed by atoms with E-state index in [1.807, 2.05) is 31.2 Å². The zero-order valence-electron chi connectivity index (χ0n) is 17.3. The highest BCUT2D eigenvalue weighted by Gasteiger charge is 2.41. The van der Waals surface area contributed by atoms with E-state index in [1.165, 1.54) is 0 Å². The molecule has 3 rings (SSSR count). The Morgan fingerprint density at radius 1 is 1.41 bits per heavy atom. The van der Waals surface area contributed by atoms with Crippen molar-refractivity contribution < 1.29 is 19.7 Å². The van der Waals surface area contributed by atoms with Crippen molar-refractivity contribution in [2.45, 2.75) is 44.8 Å². The molecule has 0 bridgehead atoms. The molecule has 2 aliphatic rings. The maximum absolute atomic E-state index is 11.5. The van der Waals surface area contributed by atoms with Crippen LogP contribution in [0.2, 0.25) is 0 Å². The van der Waals surface area contributed by atoms with Crippen LogP contribution in [0.15, 0.2) is 53.2 Å². The van der Waals surface area contributed by atoms with Gasteiger partial charge in [-0.05, 0) is 49.3 Å². The number of rotatable bonds is 6. The summed E-state index contributed by atoms with van der Waals surface area (Å²) in [4.78, 5) is 10.9. The van der Waals surface area contributed by atoms with E-state index in [2.05, 4.69) is 5.01 Å². The van der Waals surface area contributed by atoms with Crippen molar-refractivity contribution in [1.29, 1.82) is 0 Å². The van der Waals surface area contributed by atoms with Gasteiger partial charge in [-0.3, -0.25) is 5.01 Å². The summed E-state index contributed by atoms with van der Waals surface area (Å²) in [6.45, 7) is 5.29. The normalized spacial score (nSPS) is 28.9. The molecule has 156 valence electrons. The summed E-state index contributed by atoms with van der Waals surface area (Å²) in [6, 6.07) is 8.09. The summed E-state index contributed by atoms with van der Waals surface area (Å²) in [5.74, 6) is -1.10. The van der Waals surface area contributed by atoms with Crippen molar-refractivity contribution in [1.82, 2.24) is 5.01 Å². The van der Waals surface area contributed by atoms with Gasteiger partial charge in [0.05, 0.1) is 18.4 Å². The zero-order valence-corrected chi connectivity index (χ0v) is 17.3. The quantitative estimate of drug-likeness (QED) is 0.567. The summed E-state index contributed by atoms with van der Waals surface area (Å²) in [5.41, 5.74) is 2.13. The number of carboxylic acids is 1. The molecule has 1 fully saturated rings. The van der Waals surface area contributed by atoms with Gasteiger partial charge in [0.15, 0.2) is 0 Å². The Hall–Kier alpha value is -2.44. The SMILES string of the molecule is COC[C@H]1CCCN1/N=C1\C[C@@H](C)[C@@](O)(/C=C/C(C)=C\C(=O)O)c2ccccc21. The number of methoxy groups -OCH3 is 1. The predicted molar refractivity (Wildman–Crippen MR) is 113 cm³/mol. The first-order valence-electron chi connectivity index (χ1n) is 10.1. The molecule has 0 amide bonds. The lowest BCUT2D eigenvalue weighted by Gasteiger charge is -2.39. The molecule has 0 saturated carbocycles. The molecule has 1 aliphatic heterocycles. The average molecular weight is 399 g/mol. The minimum absolute atomic E-state index is 0.103. The lowest BCUT2D eigenvalue weighted by molar-refractivity contribution is -0.131. The van der Waals surface area contributed by atoms with E-state index in [-0.39, 0.29) is 5.92 Å². The summed E-state index contributed by atoms with van der Waals surface area (Å²) in [7, 11) is 1.72. The molecule has 3 atom stereocenters. The highest BCUT2D eigenvalue weighted by molar-refractivity contribution is 6.03. The van der Waals surface area contributed by atoms with Crippen LogP contribution in [0.5, 0.6) is 0 Å². The summed E-state index contributed by atoms with van der Waals surface area (Å²) in [5, 5.41) is 27.6. The van der Waals surface area contributed by atoms with Gasteiger partial charge in [0.25, 0.3) is 0 Å². The molecule has 6 nitrogen and oxygen atoms in total. The second-order valence-electron chi connectivity index (χ2n) is 8.00. The first kappa shape index (κ1) is 21.3. The number of aliphatic hydroxyl groups is 1. The van der Waals surface area contributed by atoms with Crippen molar-refractivity contribution in [3.63, 3.8) is 0 Å². The van der Waals surface area contributed by atoms with Crippen LogP contribution < -0.4 is 0 Å². The molecule has 0 unspecified atom stereocenters. The first-order valence-corrected chi connectivity index (χ1v) is 10.1. The number of carboxylic acid groups (broad SMARTS) is 1. The number of allylic oxidation sites excluding steroid dienone is 2. The maximum Gasteiger partial charge on any atom is 0.328 e. The molecule has 6 heteroatoms. The van der Waals surface area contributed by atoms with E-state index in [9.17, 15) is 9.90 Å². The van der Waals surface area contributed by atoms with Gasteiger partial charge in [0, 0.05) is 25.3 Å². The molecule has 1 aliphatic carbocycles. The molecule has 0 radical (unpaired) electrons. The minimum atomic E-state index is -1.18. The Bertz CT molecular complexity index is 845. The summed E-state index contributed by atoms with van der Waals surface area (Å²) < 4.78 is 5.34. The van der Waals surface area contributed by atoms with Crippen molar-refractivity contribution in [3.05, 3.63) is 59.2 Å². The number of hydrogen-bond donors (Lipinski definition) is 2. The molecule has 1 heterocycles. The fourth-order valence-corrected chi connectivity index (χ4v) is 4.22. The van der Waals surface area contributed by atoms with Crippen LogP contribution in [0.1, 0.15) is 44.2 Å². The highest BCUT2D eigenvalue weighted by Crippen LogP contribution is 2.41. The molecular weight excluding hydrogens is 368 g/mol. The van der Waals surface area contributed by atoms with Gasteiger partial charge in [0.2, 0.25) is 0 Å². The summed E-state index contributed by atoms with van der Waals surface area (Å²) in [6.07, 6.45) is 7.34. The average Bonchev–Trinajstić information content (AvgIpc) is 3.11. The van der Waals surface area contributed by atoms with Gasteiger partial charge in [-0.25, -0.2) is 4.79 Å². The molecular formula is C23H30N2O4. The molecule has 0 aromatic heterocycles. The number of fused-ring (bicyclic) bond motifs is 1.